The minimum atomic E-state index is -0.524. The van der Waals surface area contributed by atoms with Crippen molar-refractivity contribution in [2.24, 2.45) is 0 Å². The van der Waals surface area contributed by atoms with Gasteiger partial charge in [0, 0.05) is 6.54 Å². The van der Waals surface area contributed by atoms with Crippen LogP contribution in [-0.4, -0.2) is 21.4 Å². The van der Waals surface area contributed by atoms with Crippen LogP contribution in [0, 0.1) is 10.1 Å². The molecule has 2 aromatic rings. The fourth-order valence-corrected chi connectivity index (χ4v) is 2.02. The van der Waals surface area contributed by atoms with Crippen LogP contribution in [0.3, 0.4) is 0 Å². The Morgan fingerprint density at radius 3 is 2.57 bits per heavy atom. The smallest absolute Gasteiger partial charge is 0.373 e. The lowest BCUT2D eigenvalue weighted by Crippen LogP contribution is -2.08. The average Bonchev–Trinajstić information content (AvgIpc) is 2.55. The van der Waals surface area contributed by atoms with Crippen molar-refractivity contribution in [3.8, 4) is 11.6 Å². The Morgan fingerprint density at radius 1 is 1.22 bits per heavy atom. The van der Waals surface area contributed by atoms with Gasteiger partial charge in [-0.15, -0.1) is 0 Å². The third-order valence-electron chi connectivity index (χ3n) is 3.34. The number of nitrogens with zero attached hydrogens (tertiary/aromatic N) is 3. The van der Waals surface area contributed by atoms with Gasteiger partial charge in [-0.3, -0.25) is 10.1 Å². The summed E-state index contributed by atoms with van der Waals surface area (Å²) in [5.41, 5.74) is 0.916. The van der Waals surface area contributed by atoms with E-state index in [4.69, 9.17) is 4.74 Å². The van der Waals surface area contributed by atoms with E-state index in [1.54, 1.807) is 12.1 Å². The fraction of sp³-hybridized carbons (Fsp3) is 0.375. The van der Waals surface area contributed by atoms with E-state index in [9.17, 15) is 10.1 Å². The number of nitro groups is 1. The molecule has 0 aliphatic carbocycles. The third-order valence-corrected chi connectivity index (χ3v) is 3.34. The Labute approximate surface area is 134 Å². The molecular weight excluding hydrogens is 296 g/mol. The molecule has 1 heterocycles. The molecule has 0 unspecified atom stereocenters. The largest absolute Gasteiger partial charge is 0.434 e. The van der Waals surface area contributed by atoms with Crippen LogP contribution in [0.2, 0.25) is 0 Å². The Hall–Kier alpha value is -2.70. The number of unbranched alkanes of at least 4 members (excludes halogenated alkanes) is 1. The van der Waals surface area contributed by atoms with E-state index < -0.39 is 4.92 Å². The predicted molar refractivity (Wildman–Crippen MR) is 88.0 cm³/mol. The standard InChI is InChI=1S/C16H20N4O3/c1-3-5-10-17-15-14(20(21)22)16(19-11-18-15)23-13-8-6-12(4-2)7-9-13/h6-9,11H,3-5,10H2,1-2H3,(H,17,18,19). The molecule has 7 heteroatoms. The van der Waals surface area contributed by atoms with Gasteiger partial charge >= 0.3 is 11.6 Å². The molecule has 0 saturated heterocycles. The molecule has 0 amide bonds. The van der Waals surface area contributed by atoms with Gasteiger partial charge in [0.1, 0.15) is 12.1 Å². The summed E-state index contributed by atoms with van der Waals surface area (Å²) < 4.78 is 5.58. The number of aromatic nitrogens is 2. The van der Waals surface area contributed by atoms with Gasteiger partial charge in [-0.05, 0) is 30.5 Å². The van der Waals surface area contributed by atoms with E-state index in [2.05, 4.69) is 22.2 Å². The molecule has 0 atom stereocenters. The summed E-state index contributed by atoms with van der Waals surface area (Å²) in [6, 6.07) is 7.38. The van der Waals surface area contributed by atoms with Gasteiger partial charge in [-0.25, -0.2) is 4.98 Å². The van der Waals surface area contributed by atoms with Crippen LogP contribution in [-0.2, 0) is 6.42 Å². The molecule has 2 rings (SSSR count). The van der Waals surface area contributed by atoms with E-state index in [1.807, 2.05) is 19.1 Å². The molecule has 0 spiro atoms. The highest BCUT2D eigenvalue weighted by Crippen LogP contribution is 2.33. The van der Waals surface area contributed by atoms with E-state index in [0.29, 0.717) is 12.3 Å². The Morgan fingerprint density at radius 2 is 1.96 bits per heavy atom. The van der Waals surface area contributed by atoms with Crippen LogP contribution in [0.25, 0.3) is 0 Å². The van der Waals surface area contributed by atoms with E-state index in [0.717, 1.165) is 24.8 Å². The van der Waals surface area contributed by atoms with E-state index >= 15 is 0 Å². The summed E-state index contributed by atoms with van der Waals surface area (Å²) in [4.78, 5) is 18.7. The number of hydrogen-bond acceptors (Lipinski definition) is 6. The Bertz CT molecular complexity index is 659. The van der Waals surface area contributed by atoms with E-state index in [-0.39, 0.29) is 17.4 Å². The van der Waals surface area contributed by atoms with Crippen LogP contribution >= 0.6 is 0 Å². The maximum Gasteiger partial charge on any atom is 0.373 e. The topological polar surface area (TPSA) is 90.2 Å². The first-order valence-electron chi connectivity index (χ1n) is 7.65. The monoisotopic (exact) mass is 316 g/mol. The third kappa shape index (κ3) is 4.38. The lowest BCUT2D eigenvalue weighted by Gasteiger charge is -2.09. The Kier molecular flexibility index (Phi) is 5.85. The fourth-order valence-electron chi connectivity index (χ4n) is 2.02. The van der Waals surface area contributed by atoms with Crippen LogP contribution in [0.5, 0.6) is 11.6 Å². The molecule has 0 saturated carbocycles. The van der Waals surface area contributed by atoms with Crippen molar-refractivity contribution in [3.63, 3.8) is 0 Å². The van der Waals surface area contributed by atoms with Crippen molar-refractivity contribution in [1.82, 2.24) is 9.97 Å². The highest BCUT2D eigenvalue weighted by molar-refractivity contribution is 5.61. The molecule has 0 radical (unpaired) electrons. The minimum absolute atomic E-state index is 0.0618. The highest BCUT2D eigenvalue weighted by atomic mass is 16.6. The van der Waals surface area contributed by atoms with Crippen LogP contribution in [0.1, 0.15) is 32.3 Å². The number of aryl methyl sites for hydroxylation is 1. The van der Waals surface area contributed by atoms with Gasteiger partial charge < -0.3 is 10.1 Å². The van der Waals surface area contributed by atoms with Gasteiger partial charge in [0.05, 0.1) is 4.92 Å². The first kappa shape index (κ1) is 16.7. The predicted octanol–water partition coefficient (Wildman–Crippen LogP) is 3.95. The second-order valence-corrected chi connectivity index (χ2v) is 5.01. The molecule has 122 valence electrons. The quantitative estimate of drug-likeness (QED) is 0.450. The maximum absolute atomic E-state index is 11.4. The summed E-state index contributed by atoms with van der Waals surface area (Å²) in [6.07, 6.45) is 4.06. The van der Waals surface area contributed by atoms with Crippen LogP contribution in [0.15, 0.2) is 30.6 Å². The van der Waals surface area contributed by atoms with Crippen molar-refractivity contribution in [1.29, 1.82) is 0 Å². The molecule has 23 heavy (non-hydrogen) atoms. The second kappa shape index (κ2) is 8.07. The number of benzene rings is 1. The van der Waals surface area contributed by atoms with Crippen molar-refractivity contribution in [2.75, 3.05) is 11.9 Å². The summed E-state index contributed by atoms with van der Waals surface area (Å²) in [5.74, 6) is 0.621. The maximum atomic E-state index is 11.4. The van der Waals surface area contributed by atoms with Crippen molar-refractivity contribution in [3.05, 3.63) is 46.3 Å². The lowest BCUT2D eigenvalue weighted by molar-refractivity contribution is -0.385. The van der Waals surface area contributed by atoms with Gasteiger partial charge in [0.15, 0.2) is 0 Å². The zero-order chi connectivity index (χ0) is 16.7. The molecule has 1 aromatic heterocycles. The van der Waals surface area contributed by atoms with Crippen molar-refractivity contribution < 1.29 is 9.66 Å². The first-order valence-corrected chi connectivity index (χ1v) is 7.65. The molecule has 0 aliphatic rings. The van der Waals surface area contributed by atoms with Crippen molar-refractivity contribution in [2.45, 2.75) is 33.1 Å². The molecular formula is C16H20N4O3. The molecule has 0 aliphatic heterocycles. The molecule has 0 fully saturated rings. The summed E-state index contributed by atoms with van der Waals surface area (Å²) in [7, 11) is 0. The number of rotatable bonds is 8. The summed E-state index contributed by atoms with van der Waals surface area (Å²) in [5, 5.41) is 14.3. The van der Waals surface area contributed by atoms with E-state index in [1.165, 1.54) is 6.33 Å². The first-order chi connectivity index (χ1) is 11.2. The summed E-state index contributed by atoms with van der Waals surface area (Å²) in [6.45, 7) is 4.71. The SMILES string of the molecule is CCCCNc1ncnc(Oc2ccc(CC)cc2)c1[N+](=O)[O-]. The van der Waals surface area contributed by atoms with Crippen LogP contribution in [0.4, 0.5) is 11.5 Å². The zero-order valence-electron chi connectivity index (χ0n) is 13.3. The number of nitrogens with one attached hydrogen (secondary N) is 1. The molecule has 0 bridgehead atoms. The number of hydrogen-bond donors (Lipinski definition) is 1. The van der Waals surface area contributed by atoms with Gasteiger partial charge in [-0.1, -0.05) is 32.4 Å². The average molecular weight is 316 g/mol. The number of anilines is 1. The molecule has 7 nitrogen and oxygen atoms in total. The normalized spacial score (nSPS) is 10.3. The highest BCUT2D eigenvalue weighted by Gasteiger charge is 2.24. The van der Waals surface area contributed by atoms with Gasteiger partial charge in [0.2, 0.25) is 5.82 Å². The second-order valence-electron chi connectivity index (χ2n) is 5.01. The van der Waals surface area contributed by atoms with Crippen molar-refractivity contribution >= 4 is 11.5 Å². The number of ether oxygens (including phenoxy) is 1. The van der Waals surface area contributed by atoms with Crippen LogP contribution < -0.4 is 10.1 Å². The molecule has 1 aromatic carbocycles. The minimum Gasteiger partial charge on any atom is -0.434 e. The van der Waals surface area contributed by atoms with Gasteiger partial charge in [-0.2, -0.15) is 4.98 Å². The zero-order valence-corrected chi connectivity index (χ0v) is 13.3. The van der Waals surface area contributed by atoms with Gasteiger partial charge in [0.25, 0.3) is 0 Å². The molecule has 1 N–H and O–H groups in total. The summed E-state index contributed by atoms with van der Waals surface area (Å²) >= 11 is 0. The lowest BCUT2D eigenvalue weighted by atomic mass is 10.2. The Balaban J connectivity index is 2.25.